The average molecular weight is 277 g/mol. The van der Waals surface area contributed by atoms with Crippen LogP contribution in [0.25, 0.3) is 0 Å². The number of hydrogen-bond acceptors (Lipinski definition) is 2. The lowest BCUT2D eigenvalue weighted by Gasteiger charge is -2.29. The number of carbonyl (C=O) groups excluding carboxylic acids is 1. The summed E-state index contributed by atoms with van der Waals surface area (Å²) in [6.45, 7) is 2.24. The molecule has 104 valence electrons. The second-order valence-corrected chi connectivity index (χ2v) is 6.34. The van der Waals surface area contributed by atoms with Crippen molar-refractivity contribution in [2.45, 2.75) is 44.4 Å². The van der Waals surface area contributed by atoms with Gasteiger partial charge in [0.15, 0.2) is 0 Å². The molecular weight excluding hydrogens is 254 g/mol. The first kappa shape index (κ1) is 14.4. The smallest absolute Gasteiger partial charge is 0.251 e. The van der Waals surface area contributed by atoms with Crippen LogP contribution in [-0.4, -0.2) is 18.2 Å². The van der Waals surface area contributed by atoms with Crippen molar-refractivity contribution in [2.24, 2.45) is 5.92 Å². The van der Waals surface area contributed by atoms with Crippen molar-refractivity contribution >= 4 is 17.7 Å². The molecule has 0 radical (unpaired) electrons. The Labute approximate surface area is 120 Å². The summed E-state index contributed by atoms with van der Waals surface area (Å²) in [5.41, 5.74) is 2.05. The largest absolute Gasteiger partial charge is 0.349 e. The fourth-order valence-corrected chi connectivity index (χ4v) is 3.23. The van der Waals surface area contributed by atoms with Gasteiger partial charge in [0.05, 0.1) is 0 Å². The topological polar surface area (TPSA) is 29.1 Å². The van der Waals surface area contributed by atoms with Crippen molar-refractivity contribution in [3.05, 3.63) is 35.4 Å². The summed E-state index contributed by atoms with van der Waals surface area (Å²) in [6.07, 6.45) is 6.99. The van der Waals surface area contributed by atoms with E-state index in [0.717, 1.165) is 17.7 Å². The van der Waals surface area contributed by atoms with Gasteiger partial charge >= 0.3 is 0 Å². The molecule has 19 heavy (non-hydrogen) atoms. The maximum atomic E-state index is 12.2. The third-order valence-electron chi connectivity index (χ3n) is 3.96. The number of carbonyl (C=O) groups is 1. The van der Waals surface area contributed by atoms with E-state index < -0.39 is 0 Å². The van der Waals surface area contributed by atoms with Gasteiger partial charge in [-0.1, -0.05) is 31.9 Å². The van der Waals surface area contributed by atoms with Crippen molar-refractivity contribution in [1.82, 2.24) is 5.32 Å². The van der Waals surface area contributed by atoms with Crippen LogP contribution in [0.4, 0.5) is 0 Å². The Balaban J connectivity index is 1.95. The maximum absolute atomic E-state index is 12.2. The van der Waals surface area contributed by atoms with E-state index in [-0.39, 0.29) is 5.91 Å². The number of thioether (sulfide) groups is 1. The van der Waals surface area contributed by atoms with Crippen LogP contribution in [-0.2, 0) is 5.75 Å². The summed E-state index contributed by atoms with van der Waals surface area (Å²) >= 11 is 1.80. The minimum absolute atomic E-state index is 0.0782. The van der Waals surface area contributed by atoms with Crippen molar-refractivity contribution < 1.29 is 4.79 Å². The van der Waals surface area contributed by atoms with E-state index in [4.69, 9.17) is 0 Å². The molecule has 0 bridgehead atoms. The van der Waals surface area contributed by atoms with Crippen LogP contribution in [0.5, 0.6) is 0 Å². The normalized spacial score (nSPS) is 23.1. The zero-order valence-corrected chi connectivity index (χ0v) is 12.6. The van der Waals surface area contributed by atoms with Crippen molar-refractivity contribution in [2.75, 3.05) is 6.26 Å². The van der Waals surface area contributed by atoms with Crippen LogP contribution in [0.2, 0.25) is 0 Å². The molecule has 1 aliphatic carbocycles. The molecule has 1 aliphatic rings. The van der Waals surface area contributed by atoms with Gasteiger partial charge in [-0.2, -0.15) is 11.8 Å². The quantitative estimate of drug-likeness (QED) is 0.905. The molecule has 0 heterocycles. The first-order valence-corrected chi connectivity index (χ1v) is 8.49. The van der Waals surface area contributed by atoms with Crippen LogP contribution in [0.15, 0.2) is 24.3 Å². The highest BCUT2D eigenvalue weighted by Gasteiger charge is 2.23. The van der Waals surface area contributed by atoms with E-state index in [0.29, 0.717) is 12.0 Å². The minimum Gasteiger partial charge on any atom is -0.349 e. The number of amides is 1. The number of benzene rings is 1. The Morgan fingerprint density at radius 2 is 1.95 bits per heavy atom. The van der Waals surface area contributed by atoms with E-state index >= 15 is 0 Å². The summed E-state index contributed by atoms with van der Waals surface area (Å²) < 4.78 is 0. The SMILES string of the molecule is CSCc1ccc(C(=O)N[C@H]2CCCC[C@@H]2C)cc1. The second kappa shape index (κ2) is 6.99. The van der Waals surface area contributed by atoms with E-state index in [1.54, 1.807) is 11.8 Å². The van der Waals surface area contributed by atoms with Crippen LogP contribution in [0.3, 0.4) is 0 Å². The van der Waals surface area contributed by atoms with Gasteiger partial charge in [-0.05, 0) is 42.7 Å². The molecule has 2 rings (SSSR count). The molecule has 1 fully saturated rings. The highest BCUT2D eigenvalue weighted by atomic mass is 32.2. The summed E-state index contributed by atoms with van der Waals surface area (Å²) in [7, 11) is 0. The number of nitrogens with one attached hydrogen (secondary N) is 1. The van der Waals surface area contributed by atoms with Gasteiger partial charge < -0.3 is 5.32 Å². The van der Waals surface area contributed by atoms with Gasteiger partial charge in [0.1, 0.15) is 0 Å². The lowest BCUT2D eigenvalue weighted by atomic mass is 9.86. The van der Waals surface area contributed by atoms with E-state index in [9.17, 15) is 4.79 Å². The molecule has 1 amide bonds. The van der Waals surface area contributed by atoms with Crippen LogP contribution in [0, 0.1) is 5.92 Å². The lowest BCUT2D eigenvalue weighted by molar-refractivity contribution is 0.0910. The molecule has 0 aliphatic heterocycles. The third kappa shape index (κ3) is 4.00. The van der Waals surface area contributed by atoms with Gasteiger partial charge in [0.2, 0.25) is 0 Å². The molecule has 1 N–H and O–H groups in total. The lowest BCUT2D eigenvalue weighted by Crippen LogP contribution is -2.41. The van der Waals surface area contributed by atoms with Gasteiger partial charge in [0, 0.05) is 17.4 Å². The highest BCUT2D eigenvalue weighted by molar-refractivity contribution is 7.97. The summed E-state index contributed by atoms with van der Waals surface area (Å²) in [6, 6.07) is 8.33. The predicted octanol–water partition coefficient (Wildman–Crippen LogP) is 3.86. The Bertz CT molecular complexity index is 415. The van der Waals surface area contributed by atoms with Crippen molar-refractivity contribution in [3.8, 4) is 0 Å². The van der Waals surface area contributed by atoms with E-state index in [1.165, 1.54) is 24.8 Å². The molecule has 1 saturated carbocycles. The molecular formula is C16H23NOS. The van der Waals surface area contributed by atoms with E-state index in [2.05, 4.69) is 30.6 Å². The molecule has 1 aromatic carbocycles. The van der Waals surface area contributed by atoms with Crippen LogP contribution < -0.4 is 5.32 Å². The van der Waals surface area contributed by atoms with Gasteiger partial charge in [0.25, 0.3) is 5.91 Å². The van der Waals surface area contributed by atoms with Crippen LogP contribution in [0.1, 0.15) is 48.5 Å². The predicted molar refractivity (Wildman–Crippen MR) is 82.5 cm³/mol. The Kier molecular flexibility index (Phi) is 5.32. The van der Waals surface area contributed by atoms with E-state index in [1.807, 2.05) is 12.1 Å². The van der Waals surface area contributed by atoms with Gasteiger partial charge in [-0.15, -0.1) is 0 Å². The van der Waals surface area contributed by atoms with Gasteiger partial charge in [-0.25, -0.2) is 0 Å². The second-order valence-electron chi connectivity index (χ2n) is 5.47. The molecule has 0 spiro atoms. The summed E-state index contributed by atoms with van der Waals surface area (Å²) in [4.78, 5) is 12.2. The zero-order valence-electron chi connectivity index (χ0n) is 11.8. The first-order valence-electron chi connectivity index (χ1n) is 7.09. The molecule has 3 heteroatoms. The number of rotatable bonds is 4. The zero-order chi connectivity index (χ0) is 13.7. The Hall–Kier alpha value is -0.960. The van der Waals surface area contributed by atoms with Gasteiger partial charge in [-0.3, -0.25) is 4.79 Å². The van der Waals surface area contributed by atoms with Crippen LogP contribution >= 0.6 is 11.8 Å². The Morgan fingerprint density at radius 1 is 1.26 bits per heavy atom. The highest BCUT2D eigenvalue weighted by Crippen LogP contribution is 2.24. The molecule has 0 unspecified atom stereocenters. The first-order chi connectivity index (χ1) is 9.20. The molecule has 2 nitrogen and oxygen atoms in total. The monoisotopic (exact) mass is 277 g/mol. The summed E-state index contributed by atoms with van der Waals surface area (Å²) in [5, 5.41) is 3.19. The Morgan fingerprint density at radius 3 is 2.58 bits per heavy atom. The fourth-order valence-electron chi connectivity index (χ4n) is 2.70. The average Bonchev–Trinajstić information content (AvgIpc) is 2.42. The fraction of sp³-hybridized carbons (Fsp3) is 0.562. The minimum atomic E-state index is 0.0782. The maximum Gasteiger partial charge on any atom is 0.251 e. The molecule has 0 saturated heterocycles. The standard InChI is InChI=1S/C16H23NOS/c1-12-5-3-4-6-15(12)17-16(18)14-9-7-13(8-10-14)11-19-2/h7-10,12,15H,3-6,11H2,1-2H3,(H,17,18)/t12-,15-/m0/s1. The molecule has 1 aromatic rings. The van der Waals surface area contributed by atoms with Crippen molar-refractivity contribution in [1.29, 1.82) is 0 Å². The number of hydrogen-bond donors (Lipinski definition) is 1. The summed E-state index contributed by atoms with van der Waals surface area (Å²) in [5.74, 6) is 1.68. The molecule has 0 aromatic heterocycles. The third-order valence-corrected chi connectivity index (χ3v) is 4.58. The van der Waals surface area contributed by atoms with Crippen molar-refractivity contribution in [3.63, 3.8) is 0 Å². The molecule has 2 atom stereocenters.